The standard InChI is InChI=1S/C13H17BrN2O3S/c1-3-8-16(20(2,18)19)9-7-15-13(17)11-5-4-6-12(14)10-11/h3-6,10H,1,7-9H2,2H3,(H,15,17). The molecule has 0 heterocycles. The van der Waals surface area contributed by atoms with E-state index in [-0.39, 0.29) is 25.5 Å². The maximum Gasteiger partial charge on any atom is 0.251 e. The van der Waals surface area contributed by atoms with Gasteiger partial charge < -0.3 is 5.32 Å². The molecule has 0 bridgehead atoms. The zero-order valence-corrected chi connectivity index (χ0v) is 13.6. The highest BCUT2D eigenvalue weighted by molar-refractivity contribution is 9.10. The van der Waals surface area contributed by atoms with Crippen molar-refractivity contribution < 1.29 is 13.2 Å². The molecule has 1 aromatic rings. The second-order valence-electron chi connectivity index (χ2n) is 4.18. The summed E-state index contributed by atoms with van der Waals surface area (Å²) in [6, 6.07) is 6.98. The maximum atomic E-state index is 11.9. The van der Waals surface area contributed by atoms with Gasteiger partial charge in [-0.2, -0.15) is 4.31 Å². The summed E-state index contributed by atoms with van der Waals surface area (Å²) in [5.41, 5.74) is 0.522. The Labute approximate surface area is 127 Å². The van der Waals surface area contributed by atoms with Crippen LogP contribution in [0, 0.1) is 0 Å². The molecule has 0 aliphatic heterocycles. The molecule has 0 atom stereocenters. The summed E-state index contributed by atoms with van der Waals surface area (Å²) in [5.74, 6) is -0.238. The van der Waals surface area contributed by atoms with Gasteiger partial charge in [0.2, 0.25) is 10.0 Å². The van der Waals surface area contributed by atoms with Crippen molar-refractivity contribution in [2.45, 2.75) is 0 Å². The SMILES string of the molecule is C=CCN(CCNC(=O)c1cccc(Br)c1)S(C)(=O)=O. The van der Waals surface area contributed by atoms with E-state index < -0.39 is 10.0 Å². The lowest BCUT2D eigenvalue weighted by Crippen LogP contribution is -2.38. The number of nitrogens with zero attached hydrogens (tertiary/aromatic N) is 1. The number of carbonyl (C=O) groups is 1. The lowest BCUT2D eigenvalue weighted by Gasteiger charge is -2.18. The predicted molar refractivity (Wildman–Crippen MR) is 83.1 cm³/mol. The van der Waals surface area contributed by atoms with Gasteiger partial charge in [0.1, 0.15) is 0 Å². The van der Waals surface area contributed by atoms with Gasteiger partial charge in [-0.15, -0.1) is 6.58 Å². The fraction of sp³-hybridized carbons (Fsp3) is 0.308. The first-order valence-electron chi connectivity index (χ1n) is 5.94. The quantitative estimate of drug-likeness (QED) is 0.751. The maximum absolute atomic E-state index is 11.9. The summed E-state index contributed by atoms with van der Waals surface area (Å²) in [5, 5.41) is 2.69. The van der Waals surface area contributed by atoms with Crippen LogP contribution in [0.4, 0.5) is 0 Å². The van der Waals surface area contributed by atoms with E-state index in [4.69, 9.17) is 0 Å². The second-order valence-corrected chi connectivity index (χ2v) is 7.07. The lowest BCUT2D eigenvalue weighted by molar-refractivity contribution is 0.0952. The van der Waals surface area contributed by atoms with Crippen LogP contribution in [-0.4, -0.2) is 44.5 Å². The Morgan fingerprint density at radius 2 is 2.20 bits per heavy atom. The van der Waals surface area contributed by atoms with Crippen LogP contribution in [0.2, 0.25) is 0 Å². The van der Waals surface area contributed by atoms with E-state index in [9.17, 15) is 13.2 Å². The van der Waals surface area contributed by atoms with Crippen molar-refractivity contribution in [2.24, 2.45) is 0 Å². The molecule has 0 unspecified atom stereocenters. The van der Waals surface area contributed by atoms with Crippen molar-refractivity contribution in [3.63, 3.8) is 0 Å². The molecule has 5 nitrogen and oxygen atoms in total. The van der Waals surface area contributed by atoms with Gasteiger partial charge in [0.25, 0.3) is 5.91 Å². The zero-order chi connectivity index (χ0) is 15.2. The third kappa shape index (κ3) is 5.44. The Hall–Kier alpha value is -1.18. The van der Waals surface area contributed by atoms with Gasteiger partial charge in [-0.3, -0.25) is 4.79 Å². The Morgan fingerprint density at radius 3 is 2.75 bits per heavy atom. The van der Waals surface area contributed by atoms with Gasteiger partial charge in [-0.05, 0) is 18.2 Å². The largest absolute Gasteiger partial charge is 0.351 e. The fourth-order valence-electron chi connectivity index (χ4n) is 1.56. The molecule has 1 aromatic carbocycles. The first-order chi connectivity index (χ1) is 9.34. The number of carbonyl (C=O) groups excluding carboxylic acids is 1. The monoisotopic (exact) mass is 360 g/mol. The molecule has 0 aromatic heterocycles. The van der Waals surface area contributed by atoms with E-state index >= 15 is 0 Å². The highest BCUT2D eigenvalue weighted by Gasteiger charge is 2.15. The summed E-state index contributed by atoms with van der Waals surface area (Å²) >= 11 is 3.29. The third-order valence-electron chi connectivity index (χ3n) is 2.54. The van der Waals surface area contributed by atoms with Crippen molar-refractivity contribution >= 4 is 31.9 Å². The van der Waals surface area contributed by atoms with Gasteiger partial charge in [-0.1, -0.05) is 28.1 Å². The molecule has 0 radical (unpaired) electrons. The van der Waals surface area contributed by atoms with Crippen LogP contribution in [0.5, 0.6) is 0 Å². The van der Waals surface area contributed by atoms with Crippen LogP contribution in [0.3, 0.4) is 0 Å². The smallest absolute Gasteiger partial charge is 0.251 e. The van der Waals surface area contributed by atoms with E-state index in [1.807, 2.05) is 6.07 Å². The third-order valence-corrected chi connectivity index (χ3v) is 4.30. The van der Waals surface area contributed by atoms with Crippen molar-refractivity contribution in [1.82, 2.24) is 9.62 Å². The van der Waals surface area contributed by atoms with Crippen LogP contribution in [-0.2, 0) is 10.0 Å². The zero-order valence-electron chi connectivity index (χ0n) is 11.2. The minimum Gasteiger partial charge on any atom is -0.351 e. The van der Waals surface area contributed by atoms with Crippen molar-refractivity contribution in [2.75, 3.05) is 25.9 Å². The topological polar surface area (TPSA) is 66.5 Å². The molecule has 1 N–H and O–H groups in total. The molecule has 110 valence electrons. The molecule has 1 rings (SSSR count). The average Bonchev–Trinajstić information content (AvgIpc) is 2.36. The van der Waals surface area contributed by atoms with E-state index in [1.54, 1.807) is 18.2 Å². The number of halogens is 1. The van der Waals surface area contributed by atoms with Gasteiger partial charge in [0.15, 0.2) is 0 Å². The van der Waals surface area contributed by atoms with E-state index in [0.29, 0.717) is 5.56 Å². The molecular formula is C13H17BrN2O3S. The molecule has 0 aliphatic carbocycles. The molecule has 7 heteroatoms. The fourth-order valence-corrected chi connectivity index (χ4v) is 2.76. The summed E-state index contributed by atoms with van der Waals surface area (Å²) in [6.07, 6.45) is 2.64. The Kier molecular flexibility index (Phi) is 6.38. The van der Waals surface area contributed by atoms with Crippen molar-refractivity contribution in [3.8, 4) is 0 Å². The van der Waals surface area contributed by atoms with Crippen LogP contribution >= 0.6 is 15.9 Å². The van der Waals surface area contributed by atoms with E-state index in [2.05, 4.69) is 27.8 Å². The number of hydrogen-bond acceptors (Lipinski definition) is 3. The Balaban J connectivity index is 2.55. The first kappa shape index (κ1) is 16.9. The van der Waals surface area contributed by atoms with Gasteiger partial charge in [0, 0.05) is 29.7 Å². The number of sulfonamides is 1. The van der Waals surface area contributed by atoms with Crippen LogP contribution in [0.25, 0.3) is 0 Å². The van der Waals surface area contributed by atoms with Crippen LogP contribution in [0.1, 0.15) is 10.4 Å². The second kappa shape index (κ2) is 7.56. The predicted octanol–water partition coefficient (Wildman–Crippen LogP) is 1.63. The normalized spacial score (nSPS) is 11.3. The minimum atomic E-state index is -3.29. The summed E-state index contributed by atoms with van der Waals surface area (Å²) in [6.45, 7) is 4.20. The minimum absolute atomic E-state index is 0.213. The van der Waals surface area contributed by atoms with Gasteiger partial charge >= 0.3 is 0 Å². The Bertz CT molecular complexity index is 587. The molecule has 0 saturated heterocycles. The molecule has 0 saturated carbocycles. The highest BCUT2D eigenvalue weighted by atomic mass is 79.9. The summed E-state index contributed by atoms with van der Waals surface area (Å²) in [4.78, 5) is 11.9. The number of nitrogens with one attached hydrogen (secondary N) is 1. The average molecular weight is 361 g/mol. The number of rotatable bonds is 7. The first-order valence-corrected chi connectivity index (χ1v) is 8.58. The molecular weight excluding hydrogens is 344 g/mol. The number of benzene rings is 1. The molecule has 1 amide bonds. The van der Waals surface area contributed by atoms with Gasteiger partial charge in [0.05, 0.1) is 6.26 Å². The highest BCUT2D eigenvalue weighted by Crippen LogP contribution is 2.11. The van der Waals surface area contributed by atoms with Crippen molar-refractivity contribution in [1.29, 1.82) is 0 Å². The number of amides is 1. The molecule has 20 heavy (non-hydrogen) atoms. The lowest BCUT2D eigenvalue weighted by atomic mass is 10.2. The summed E-state index contributed by atoms with van der Waals surface area (Å²) < 4.78 is 25.0. The molecule has 0 spiro atoms. The van der Waals surface area contributed by atoms with Gasteiger partial charge in [-0.25, -0.2) is 8.42 Å². The molecule has 0 aliphatic rings. The van der Waals surface area contributed by atoms with Crippen LogP contribution < -0.4 is 5.32 Å². The van der Waals surface area contributed by atoms with Crippen LogP contribution in [0.15, 0.2) is 41.4 Å². The summed E-state index contributed by atoms with van der Waals surface area (Å²) in [7, 11) is -3.29. The van der Waals surface area contributed by atoms with Crippen molar-refractivity contribution in [3.05, 3.63) is 47.0 Å². The van der Waals surface area contributed by atoms with E-state index in [1.165, 1.54) is 10.4 Å². The van der Waals surface area contributed by atoms with E-state index in [0.717, 1.165) is 10.7 Å². The Morgan fingerprint density at radius 1 is 1.50 bits per heavy atom. The molecule has 0 fully saturated rings. The number of hydrogen-bond donors (Lipinski definition) is 1.